The Labute approximate surface area is 170 Å². The Morgan fingerprint density at radius 1 is 1.17 bits per heavy atom. The van der Waals surface area contributed by atoms with Crippen LogP contribution in [0.3, 0.4) is 0 Å². The lowest BCUT2D eigenvalue weighted by Gasteiger charge is -2.31. The zero-order chi connectivity index (χ0) is 20.3. The first kappa shape index (κ1) is 19.1. The second kappa shape index (κ2) is 8.03. The van der Waals surface area contributed by atoms with Gasteiger partial charge in [0.15, 0.2) is 5.82 Å². The molecule has 29 heavy (non-hydrogen) atoms. The number of hydrogen-bond acceptors (Lipinski definition) is 5. The van der Waals surface area contributed by atoms with Crippen LogP contribution in [0.4, 0.5) is 0 Å². The Hall–Kier alpha value is -3.22. The highest BCUT2D eigenvalue weighted by Gasteiger charge is 2.37. The van der Waals surface area contributed by atoms with E-state index in [4.69, 9.17) is 4.74 Å². The van der Waals surface area contributed by atoms with Crippen LogP contribution in [0, 0.1) is 6.92 Å². The van der Waals surface area contributed by atoms with Gasteiger partial charge in [0.25, 0.3) is 0 Å². The fourth-order valence-electron chi connectivity index (χ4n) is 4.11. The predicted molar refractivity (Wildman–Crippen MR) is 109 cm³/mol. The first-order valence-electron chi connectivity index (χ1n) is 9.89. The number of nitrogens with one attached hydrogen (secondary N) is 1. The van der Waals surface area contributed by atoms with Crippen LogP contribution in [0.5, 0.6) is 5.75 Å². The van der Waals surface area contributed by atoms with E-state index in [2.05, 4.69) is 26.9 Å². The molecule has 0 atom stereocenters. The van der Waals surface area contributed by atoms with E-state index in [0.29, 0.717) is 6.42 Å². The number of ether oxygens (including phenoxy) is 1. The minimum absolute atomic E-state index is 0.0288. The van der Waals surface area contributed by atoms with Gasteiger partial charge in [0.1, 0.15) is 5.75 Å². The van der Waals surface area contributed by atoms with Crippen molar-refractivity contribution in [3.05, 3.63) is 65.5 Å². The second-order valence-corrected chi connectivity index (χ2v) is 7.55. The molecule has 1 heterocycles. The van der Waals surface area contributed by atoms with Crippen molar-refractivity contribution in [3.63, 3.8) is 0 Å². The summed E-state index contributed by atoms with van der Waals surface area (Å²) in [6, 6.07) is 15.8. The van der Waals surface area contributed by atoms with Crippen molar-refractivity contribution in [2.75, 3.05) is 7.11 Å². The molecular weight excluding hydrogens is 366 g/mol. The number of aromatic nitrogens is 4. The molecule has 7 heteroatoms. The van der Waals surface area contributed by atoms with Gasteiger partial charge in [0, 0.05) is 0 Å². The molecule has 3 aromatic rings. The molecule has 7 nitrogen and oxygen atoms in total. The van der Waals surface area contributed by atoms with Crippen molar-refractivity contribution >= 4 is 5.91 Å². The van der Waals surface area contributed by atoms with Crippen molar-refractivity contribution in [2.45, 2.75) is 44.6 Å². The highest BCUT2D eigenvalue weighted by Crippen LogP contribution is 2.39. The maximum absolute atomic E-state index is 12.9. The van der Waals surface area contributed by atoms with Gasteiger partial charge in [-0.3, -0.25) is 4.79 Å². The lowest BCUT2D eigenvalue weighted by Crippen LogP contribution is -2.44. The smallest absolute Gasteiger partial charge is 0.225 e. The SMILES string of the molecule is COc1cccc(C2(NC(=O)Cc3ccc(-n4nnnc4C)cc3)CCCC2)c1. The summed E-state index contributed by atoms with van der Waals surface area (Å²) in [6.45, 7) is 1.85. The van der Waals surface area contributed by atoms with Crippen LogP contribution in [0.1, 0.15) is 42.6 Å². The molecule has 0 saturated heterocycles. The van der Waals surface area contributed by atoms with Crippen LogP contribution in [0.15, 0.2) is 48.5 Å². The van der Waals surface area contributed by atoms with Gasteiger partial charge in [-0.2, -0.15) is 4.68 Å². The van der Waals surface area contributed by atoms with E-state index in [1.807, 2.05) is 49.4 Å². The van der Waals surface area contributed by atoms with E-state index in [-0.39, 0.29) is 11.4 Å². The largest absolute Gasteiger partial charge is 0.497 e. The maximum Gasteiger partial charge on any atom is 0.225 e. The zero-order valence-corrected chi connectivity index (χ0v) is 16.8. The molecule has 0 aliphatic heterocycles. The predicted octanol–water partition coefficient (Wildman–Crippen LogP) is 3.11. The molecule has 0 radical (unpaired) electrons. The van der Waals surface area contributed by atoms with Crippen molar-refractivity contribution in [1.82, 2.24) is 25.5 Å². The molecule has 1 aromatic heterocycles. The Kier molecular flexibility index (Phi) is 5.29. The third kappa shape index (κ3) is 3.99. The first-order valence-corrected chi connectivity index (χ1v) is 9.89. The lowest BCUT2D eigenvalue weighted by atomic mass is 9.87. The molecule has 0 unspecified atom stereocenters. The number of tetrazole rings is 1. The third-order valence-corrected chi connectivity index (χ3v) is 5.63. The normalized spacial score (nSPS) is 15.2. The van der Waals surface area contributed by atoms with Crippen molar-refractivity contribution in [1.29, 1.82) is 0 Å². The van der Waals surface area contributed by atoms with E-state index in [1.54, 1.807) is 11.8 Å². The van der Waals surface area contributed by atoms with Gasteiger partial charge < -0.3 is 10.1 Å². The number of carbonyl (C=O) groups is 1. The summed E-state index contributed by atoms with van der Waals surface area (Å²) >= 11 is 0. The molecule has 1 fully saturated rings. The summed E-state index contributed by atoms with van der Waals surface area (Å²) in [6.07, 6.45) is 4.45. The summed E-state index contributed by atoms with van der Waals surface area (Å²) in [5.74, 6) is 1.56. The first-order chi connectivity index (χ1) is 14.1. The van der Waals surface area contributed by atoms with Crippen LogP contribution >= 0.6 is 0 Å². The summed E-state index contributed by atoms with van der Waals surface area (Å²) in [5.41, 5.74) is 2.64. The number of benzene rings is 2. The van der Waals surface area contributed by atoms with Gasteiger partial charge in [-0.25, -0.2) is 0 Å². The van der Waals surface area contributed by atoms with Gasteiger partial charge >= 0.3 is 0 Å². The molecule has 0 bridgehead atoms. The molecule has 1 aliphatic carbocycles. The molecule has 2 aromatic carbocycles. The molecule has 1 aliphatic rings. The van der Waals surface area contributed by atoms with Crippen LogP contribution in [0.2, 0.25) is 0 Å². The number of nitrogens with zero attached hydrogens (tertiary/aromatic N) is 4. The lowest BCUT2D eigenvalue weighted by molar-refractivity contribution is -0.122. The van der Waals surface area contributed by atoms with E-state index in [9.17, 15) is 4.79 Å². The van der Waals surface area contributed by atoms with Gasteiger partial charge in [-0.1, -0.05) is 37.1 Å². The van der Waals surface area contributed by atoms with Crippen LogP contribution in [-0.2, 0) is 16.8 Å². The standard InChI is InChI=1S/C22H25N5O2/c1-16-24-25-26-27(16)19-10-8-17(9-11-19)14-21(28)23-22(12-3-4-13-22)18-6-5-7-20(15-18)29-2/h5-11,15H,3-4,12-14H2,1-2H3,(H,23,28). The number of hydrogen-bond donors (Lipinski definition) is 1. The fraction of sp³-hybridized carbons (Fsp3) is 0.364. The van der Waals surface area contributed by atoms with Crippen LogP contribution < -0.4 is 10.1 Å². The van der Waals surface area contributed by atoms with E-state index in [0.717, 1.165) is 54.1 Å². The molecule has 1 N–H and O–H groups in total. The van der Waals surface area contributed by atoms with E-state index >= 15 is 0 Å². The average molecular weight is 391 g/mol. The third-order valence-electron chi connectivity index (χ3n) is 5.63. The summed E-state index contributed by atoms with van der Waals surface area (Å²) < 4.78 is 7.05. The van der Waals surface area contributed by atoms with E-state index in [1.165, 1.54) is 0 Å². The molecular formula is C22H25N5O2. The minimum Gasteiger partial charge on any atom is -0.497 e. The number of amides is 1. The van der Waals surface area contributed by atoms with Gasteiger partial charge in [0.05, 0.1) is 24.8 Å². The topological polar surface area (TPSA) is 81.9 Å². The van der Waals surface area contributed by atoms with Gasteiger partial charge in [0.2, 0.25) is 5.91 Å². The summed E-state index contributed by atoms with van der Waals surface area (Å²) in [5, 5.41) is 14.9. The molecule has 1 amide bonds. The number of aryl methyl sites for hydroxylation is 1. The quantitative estimate of drug-likeness (QED) is 0.698. The Morgan fingerprint density at radius 2 is 1.93 bits per heavy atom. The Balaban J connectivity index is 1.48. The van der Waals surface area contributed by atoms with Crippen LogP contribution in [-0.4, -0.2) is 33.2 Å². The second-order valence-electron chi connectivity index (χ2n) is 7.55. The summed E-state index contributed by atoms with van der Waals surface area (Å²) in [4.78, 5) is 12.9. The average Bonchev–Trinajstić information content (AvgIpc) is 3.38. The highest BCUT2D eigenvalue weighted by atomic mass is 16.5. The molecule has 150 valence electrons. The van der Waals surface area contributed by atoms with Crippen molar-refractivity contribution in [2.24, 2.45) is 0 Å². The molecule has 0 spiro atoms. The Bertz CT molecular complexity index is 990. The van der Waals surface area contributed by atoms with Crippen LogP contribution in [0.25, 0.3) is 5.69 Å². The maximum atomic E-state index is 12.9. The van der Waals surface area contributed by atoms with Crippen molar-refractivity contribution in [3.8, 4) is 11.4 Å². The molecule has 4 rings (SSSR count). The van der Waals surface area contributed by atoms with E-state index < -0.39 is 0 Å². The number of rotatable bonds is 6. The minimum atomic E-state index is -0.310. The number of methoxy groups -OCH3 is 1. The number of carbonyl (C=O) groups excluding carboxylic acids is 1. The zero-order valence-electron chi connectivity index (χ0n) is 16.8. The van der Waals surface area contributed by atoms with Gasteiger partial charge in [-0.05, 0) is 65.6 Å². The Morgan fingerprint density at radius 3 is 2.59 bits per heavy atom. The monoisotopic (exact) mass is 391 g/mol. The van der Waals surface area contributed by atoms with Crippen molar-refractivity contribution < 1.29 is 9.53 Å². The summed E-state index contributed by atoms with van der Waals surface area (Å²) in [7, 11) is 1.67. The highest BCUT2D eigenvalue weighted by molar-refractivity contribution is 5.79. The fourth-order valence-corrected chi connectivity index (χ4v) is 4.11. The molecule has 1 saturated carbocycles. The van der Waals surface area contributed by atoms with Gasteiger partial charge in [-0.15, -0.1) is 5.10 Å².